The van der Waals surface area contributed by atoms with Gasteiger partial charge in [0.2, 0.25) is 0 Å². The number of amides is 1. The van der Waals surface area contributed by atoms with Gasteiger partial charge in [-0.3, -0.25) is 14.3 Å². The zero-order chi connectivity index (χ0) is 26.2. The average Bonchev–Trinajstić information content (AvgIpc) is 3.49. The number of imidazole rings is 1. The number of aromatic amines is 1. The van der Waals surface area contributed by atoms with Crippen LogP contribution in [0, 0.1) is 0 Å². The third-order valence-corrected chi connectivity index (χ3v) is 7.09. The highest BCUT2D eigenvalue weighted by Gasteiger charge is 2.36. The zero-order valence-electron chi connectivity index (χ0n) is 20.6. The molecule has 1 fully saturated rings. The number of hydrogen-bond donors (Lipinski definition) is 1. The van der Waals surface area contributed by atoms with Crippen LogP contribution in [0.5, 0.6) is 0 Å². The summed E-state index contributed by atoms with van der Waals surface area (Å²) in [5, 5.41) is 0. The van der Waals surface area contributed by atoms with Crippen molar-refractivity contribution in [2.45, 2.75) is 25.0 Å². The van der Waals surface area contributed by atoms with E-state index in [1.165, 1.54) is 13.4 Å². The van der Waals surface area contributed by atoms with Crippen molar-refractivity contribution in [2.24, 2.45) is 0 Å². The first kappa shape index (κ1) is 23.6. The van der Waals surface area contributed by atoms with Gasteiger partial charge in [-0.15, -0.1) is 0 Å². The number of nitrogens with one attached hydrogen (secondary N) is 1. The van der Waals surface area contributed by atoms with Crippen LogP contribution in [0.15, 0.2) is 59.8 Å². The number of benzene rings is 1. The summed E-state index contributed by atoms with van der Waals surface area (Å²) in [4.78, 5) is 57.2. The lowest BCUT2D eigenvalue weighted by Crippen LogP contribution is -2.37. The highest BCUT2D eigenvalue weighted by Crippen LogP contribution is 2.38. The van der Waals surface area contributed by atoms with Crippen LogP contribution in [0.1, 0.15) is 41.0 Å². The fraction of sp³-hybridized carbons (Fsp3) is 0.308. The topological polar surface area (TPSA) is 136 Å². The lowest BCUT2D eigenvalue weighted by atomic mass is 10.0. The summed E-state index contributed by atoms with van der Waals surface area (Å²) in [5.41, 5.74) is 2.85. The van der Waals surface area contributed by atoms with E-state index in [0.29, 0.717) is 30.2 Å². The molecule has 4 aromatic rings. The van der Waals surface area contributed by atoms with Gasteiger partial charge in [-0.05, 0) is 31.0 Å². The van der Waals surface area contributed by atoms with E-state index in [-0.39, 0.29) is 29.9 Å². The van der Waals surface area contributed by atoms with E-state index in [1.54, 1.807) is 21.7 Å². The van der Waals surface area contributed by atoms with E-state index in [4.69, 9.17) is 4.74 Å². The summed E-state index contributed by atoms with van der Waals surface area (Å²) in [5.74, 6) is 0.328. The molecular weight excluding hydrogens is 490 g/mol. The molecule has 12 heteroatoms. The number of nitrogens with zero attached hydrogens (tertiary/aromatic N) is 6. The maximum Gasteiger partial charge on any atom is 0.508 e. The summed E-state index contributed by atoms with van der Waals surface area (Å²) in [6, 6.07) is 12.7. The Labute approximate surface area is 216 Å². The summed E-state index contributed by atoms with van der Waals surface area (Å²) < 4.78 is 11.8. The zero-order valence-corrected chi connectivity index (χ0v) is 20.6. The van der Waals surface area contributed by atoms with Crippen LogP contribution in [0.4, 0.5) is 16.3 Å². The molecule has 0 spiro atoms. The second kappa shape index (κ2) is 9.61. The molecule has 2 aliphatic heterocycles. The van der Waals surface area contributed by atoms with E-state index in [9.17, 15) is 14.4 Å². The van der Waals surface area contributed by atoms with Gasteiger partial charge < -0.3 is 19.3 Å². The van der Waals surface area contributed by atoms with Crippen LogP contribution >= 0.6 is 0 Å². The van der Waals surface area contributed by atoms with Gasteiger partial charge in [-0.2, -0.15) is 0 Å². The molecule has 0 aliphatic carbocycles. The molecule has 1 atom stereocenters. The number of hydrogen-bond acceptors (Lipinski definition) is 9. The van der Waals surface area contributed by atoms with Crippen molar-refractivity contribution < 1.29 is 19.1 Å². The predicted molar refractivity (Wildman–Crippen MR) is 137 cm³/mol. The number of rotatable bonds is 4. The monoisotopic (exact) mass is 515 g/mol. The quantitative estimate of drug-likeness (QED) is 0.407. The minimum Gasteiger partial charge on any atom is -0.438 e. The number of ether oxygens (including phenoxy) is 2. The number of H-pyrrole nitrogens is 1. The second-order valence-electron chi connectivity index (χ2n) is 9.19. The van der Waals surface area contributed by atoms with Crippen LogP contribution in [0.2, 0.25) is 0 Å². The first-order chi connectivity index (χ1) is 18.5. The van der Waals surface area contributed by atoms with Gasteiger partial charge >= 0.3 is 11.8 Å². The number of methoxy groups -OCH3 is 1. The largest absolute Gasteiger partial charge is 0.508 e. The molecule has 1 saturated heterocycles. The standard InChI is InChI=1S/C26H25N7O5/c1-37-26(36)38-21-14-32(19-6-3-2-5-17(19)21)24(34)18-13-22(29-15-28-18)31-11-8-16(9-12-31)33-20-7-4-10-27-23(20)30-25(33)35/h2-7,10,13,15-16,21H,8-9,11-12,14H2,1H3,(H,27,30,35). The molecule has 38 heavy (non-hydrogen) atoms. The predicted octanol–water partition coefficient (Wildman–Crippen LogP) is 2.84. The second-order valence-corrected chi connectivity index (χ2v) is 9.19. The summed E-state index contributed by atoms with van der Waals surface area (Å²) >= 11 is 0. The van der Waals surface area contributed by atoms with Crippen molar-refractivity contribution in [2.75, 3.05) is 36.5 Å². The Bertz CT molecular complexity index is 1570. The van der Waals surface area contributed by atoms with Gasteiger partial charge in [0, 0.05) is 37.0 Å². The van der Waals surface area contributed by atoms with E-state index in [1.807, 2.05) is 36.4 Å². The van der Waals surface area contributed by atoms with Gasteiger partial charge in [0.15, 0.2) is 11.8 Å². The SMILES string of the molecule is COC(=O)OC1CN(C(=O)c2cc(N3CCC(n4c(=O)[nH]c5ncccc54)CC3)ncn2)c2ccccc21. The average molecular weight is 516 g/mol. The number of piperidine rings is 1. The number of pyridine rings is 1. The van der Waals surface area contributed by atoms with E-state index in [2.05, 4.69) is 29.6 Å². The number of carbonyl (C=O) groups excluding carboxylic acids is 2. The van der Waals surface area contributed by atoms with Gasteiger partial charge in [0.05, 0.1) is 24.9 Å². The van der Waals surface area contributed by atoms with Crippen LogP contribution in [0.25, 0.3) is 11.2 Å². The molecule has 0 saturated carbocycles. The lowest BCUT2D eigenvalue weighted by Gasteiger charge is -2.33. The maximum atomic E-state index is 13.5. The molecule has 1 aromatic carbocycles. The molecule has 0 bridgehead atoms. The molecule has 1 N–H and O–H groups in total. The van der Waals surface area contributed by atoms with Crippen molar-refractivity contribution in [1.82, 2.24) is 24.5 Å². The smallest absolute Gasteiger partial charge is 0.438 e. The molecule has 3 aromatic heterocycles. The van der Waals surface area contributed by atoms with Crippen molar-refractivity contribution in [1.29, 1.82) is 0 Å². The summed E-state index contributed by atoms with van der Waals surface area (Å²) in [6.45, 7) is 1.48. The normalized spacial score (nSPS) is 17.4. The van der Waals surface area contributed by atoms with Gasteiger partial charge in [0.1, 0.15) is 17.8 Å². The minimum atomic E-state index is -0.807. The Hall–Kier alpha value is -4.74. The number of aromatic nitrogens is 5. The molecule has 12 nitrogen and oxygen atoms in total. The van der Waals surface area contributed by atoms with Crippen molar-refractivity contribution in [3.63, 3.8) is 0 Å². The summed E-state index contributed by atoms with van der Waals surface area (Å²) in [7, 11) is 1.24. The number of anilines is 2. The van der Waals surface area contributed by atoms with Crippen LogP contribution in [-0.4, -0.2) is 63.3 Å². The molecule has 0 radical (unpaired) electrons. The molecule has 1 unspecified atom stereocenters. The summed E-state index contributed by atoms with van der Waals surface area (Å²) in [6.07, 6.45) is 3.08. The Kier molecular flexibility index (Phi) is 5.98. The first-order valence-electron chi connectivity index (χ1n) is 12.3. The molecule has 1 amide bonds. The van der Waals surface area contributed by atoms with Gasteiger partial charge in [-0.25, -0.2) is 24.5 Å². The molecule has 6 rings (SSSR count). The fourth-order valence-corrected chi connectivity index (χ4v) is 5.27. The lowest BCUT2D eigenvalue weighted by molar-refractivity contribution is 0.0413. The highest BCUT2D eigenvalue weighted by atomic mass is 16.7. The third-order valence-electron chi connectivity index (χ3n) is 7.09. The maximum absolute atomic E-state index is 13.5. The third kappa shape index (κ3) is 4.13. The van der Waals surface area contributed by atoms with E-state index < -0.39 is 12.3 Å². The van der Waals surface area contributed by atoms with Gasteiger partial charge in [-0.1, -0.05) is 18.2 Å². The Morgan fingerprint density at radius 3 is 2.68 bits per heavy atom. The minimum absolute atomic E-state index is 0.0347. The number of carbonyl (C=O) groups is 2. The van der Waals surface area contributed by atoms with Crippen LogP contribution < -0.4 is 15.5 Å². The van der Waals surface area contributed by atoms with Crippen molar-refractivity contribution >= 4 is 34.7 Å². The van der Waals surface area contributed by atoms with Gasteiger partial charge in [0.25, 0.3) is 5.91 Å². The number of fused-ring (bicyclic) bond motifs is 2. The fourth-order valence-electron chi connectivity index (χ4n) is 5.27. The first-order valence-corrected chi connectivity index (χ1v) is 12.3. The molecular formula is C26H25N7O5. The van der Waals surface area contributed by atoms with Crippen molar-refractivity contribution in [3.05, 3.63) is 76.7 Å². The van der Waals surface area contributed by atoms with Crippen LogP contribution in [0.3, 0.4) is 0 Å². The van der Waals surface area contributed by atoms with Crippen LogP contribution in [-0.2, 0) is 9.47 Å². The molecule has 5 heterocycles. The van der Waals surface area contributed by atoms with E-state index in [0.717, 1.165) is 23.9 Å². The Morgan fingerprint density at radius 1 is 1.05 bits per heavy atom. The Balaban J connectivity index is 1.19. The highest BCUT2D eigenvalue weighted by molar-refractivity contribution is 6.06. The van der Waals surface area contributed by atoms with E-state index >= 15 is 0 Å². The Morgan fingerprint density at radius 2 is 1.87 bits per heavy atom. The molecule has 194 valence electrons. The van der Waals surface area contributed by atoms with Crippen molar-refractivity contribution in [3.8, 4) is 0 Å². The molecule has 2 aliphatic rings. The number of para-hydroxylation sites is 1.